The smallest absolute Gasteiger partial charge is 0.374 e. The van der Waals surface area contributed by atoms with Crippen LogP contribution in [0.3, 0.4) is 0 Å². The summed E-state index contributed by atoms with van der Waals surface area (Å²) in [5, 5.41) is 12.1. The first-order valence-electron chi connectivity index (χ1n) is 4.39. The van der Waals surface area contributed by atoms with Gasteiger partial charge in [-0.3, -0.25) is 0 Å². The van der Waals surface area contributed by atoms with E-state index >= 15 is 0 Å². The fraction of sp³-hybridized carbons (Fsp3) is 0.222. The third kappa shape index (κ3) is 1.83. The maximum absolute atomic E-state index is 12.9. The Hall–Kier alpha value is -2.05. The van der Waals surface area contributed by atoms with E-state index < -0.39 is 18.3 Å². The Balaban J connectivity index is 2.32. The molecule has 2 heterocycles. The minimum Gasteiger partial charge on any atom is -0.477 e. The Morgan fingerprint density at radius 1 is 1.56 bits per heavy atom. The highest BCUT2D eigenvalue weighted by Gasteiger charge is 2.39. The molecular weight excluding hydrogens is 220 g/mol. The molecule has 0 fully saturated rings. The number of carboxylic acids is 1. The van der Waals surface area contributed by atoms with Crippen molar-refractivity contribution in [3.8, 4) is 0 Å². The second-order valence-electron chi connectivity index (χ2n) is 3.24. The molecule has 0 unspecified atom stereocenters. The van der Waals surface area contributed by atoms with Gasteiger partial charge < -0.3 is 5.11 Å². The SMILES string of the molecule is O=C(O)C(F)(F)Cc1cc2ncccn2n1. The van der Waals surface area contributed by atoms with Gasteiger partial charge in [0.1, 0.15) is 0 Å². The zero-order chi connectivity index (χ0) is 11.8. The summed E-state index contributed by atoms with van der Waals surface area (Å²) in [4.78, 5) is 14.1. The molecule has 16 heavy (non-hydrogen) atoms. The predicted octanol–water partition coefficient (Wildman–Crippen LogP) is 0.992. The van der Waals surface area contributed by atoms with Crippen molar-refractivity contribution in [3.63, 3.8) is 0 Å². The lowest BCUT2D eigenvalue weighted by Gasteiger charge is -2.07. The van der Waals surface area contributed by atoms with Gasteiger partial charge in [0, 0.05) is 18.5 Å². The summed E-state index contributed by atoms with van der Waals surface area (Å²) in [5.41, 5.74) is 0.393. The van der Waals surface area contributed by atoms with Gasteiger partial charge >= 0.3 is 11.9 Å². The third-order valence-corrected chi connectivity index (χ3v) is 2.00. The van der Waals surface area contributed by atoms with Crippen LogP contribution in [0.2, 0.25) is 0 Å². The van der Waals surface area contributed by atoms with E-state index in [1.165, 1.54) is 16.8 Å². The van der Waals surface area contributed by atoms with Crippen LogP contribution < -0.4 is 0 Å². The monoisotopic (exact) mass is 227 g/mol. The number of halogens is 2. The van der Waals surface area contributed by atoms with Crippen LogP contribution in [0, 0.1) is 0 Å². The molecule has 0 radical (unpaired) electrons. The summed E-state index contributed by atoms with van der Waals surface area (Å²) < 4.78 is 27.1. The zero-order valence-electron chi connectivity index (χ0n) is 7.97. The van der Waals surface area contributed by atoms with E-state index in [9.17, 15) is 13.6 Å². The second kappa shape index (κ2) is 3.51. The van der Waals surface area contributed by atoms with Crippen molar-refractivity contribution < 1.29 is 18.7 Å². The Morgan fingerprint density at radius 2 is 2.31 bits per heavy atom. The Labute approximate surface area is 88.3 Å². The Bertz CT molecular complexity index is 505. The van der Waals surface area contributed by atoms with E-state index in [1.54, 1.807) is 12.3 Å². The van der Waals surface area contributed by atoms with E-state index in [4.69, 9.17) is 5.11 Å². The number of hydrogen-bond donors (Lipinski definition) is 1. The van der Waals surface area contributed by atoms with Crippen LogP contribution in [0.5, 0.6) is 0 Å². The topological polar surface area (TPSA) is 67.5 Å². The van der Waals surface area contributed by atoms with Crippen molar-refractivity contribution in [3.05, 3.63) is 30.2 Å². The normalized spacial score (nSPS) is 11.9. The van der Waals surface area contributed by atoms with E-state index in [0.29, 0.717) is 5.65 Å². The van der Waals surface area contributed by atoms with Gasteiger partial charge in [0.05, 0.1) is 12.1 Å². The lowest BCUT2D eigenvalue weighted by Crippen LogP contribution is -2.30. The molecule has 2 aromatic heterocycles. The van der Waals surface area contributed by atoms with Gasteiger partial charge in [0.25, 0.3) is 0 Å². The number of fused-ring (bicyclic) bond motifs is 1. The van der Waals surface area contributed by atoms with E-state index in [1.807, 2.05) is 0 Å². The molecule has 0 bridgehead atoms. The first-order valence-corrected chi connectivity index (χ1v) is 4.39. The molecule has 0 amide bonds. The average molecular weight is 227 g/mol. The maximum Gasteiger partial charge on any atom is 0.374 e. The minimum atomic E-state index is -3.81. The Morgan fingerprint density at radius 3 is 2.94 bits per heavy atom. The molecule has 0 aliphatic carbocycles. The molecule has 0 aliphatic heterocycles. The van der Waals surface area contributed by atoms with Crippen molar-refractivity contribution in [1.82, 2.24) is 14.6 Å². The molecule has 7 heteroatoms. The van der Waals surface area contributed by atoms with Crippen molar-refractivity contribution >= 4 is 11.6 Å². The predicted molar refractivity (Wildman–Crippen MR) is 49.3 cm³/mol. The van der Waals surface area contributed by atoms with E-state index in [2.05, 4.69) is 10.1 Å². The molecular formula is C9H7F2N3O2. The van der Waals surface area contributed by atoms with Crippen molar-refractivity contribution in [1.29, 1.82) is 0 Å². The first-order chi connectivity index (χ1) is 7.49. The average Bonchev–Trinajstić information content (AvgIpc) is 2.58. The van der Waals surface area contributed by atoms with Gasteiger partial charge in [-0.2, -0.15) is 13.9 Å². The summed E-state index contributed by atoms with van der Waals surface area (Å²) in [6.45, 7) is 0. The molecule has 5 nitrogen and oxygen atoms in total. The number of rotatable bonds is 3. The van der Waals surface area contributed by atoms with Gasteiger partial charge in [0.15, 0.2) is 5.65 Å². The fourth-order valence-electron chi connectivity index (χ4n) is 1.27. The van der Waals surface area contributed by atoms with Crippen LogP contribution in [0.15, 0.2) is 24.5 Å². The molecule has 0 aliphatic rings. The molecule has 84 valence electrons. The molecule has 0 saturated carbocycles. The molecule has 0 saturated heterocycles. The summed E-state index contributed by atoms with van der Waals surface area (Å²) in [7, 11) is 0. The highest BCUT2D eigenvalue weighted by Crippen LogP contribution is 2.19. The van der Waals surface area contributed by atoms with Gasteiger partial charge in [-0.05, 0) is 6.07 Å². The molecule has 0 aromatic carbocycles. The van der Waals surface area contributed by atoms with Crippen LogP contribution in [0.25, 0.3) is 5.65 Å². The lowest BCUT2D eigenvalue weighted by molar-refractivity contribution is -0.164. The molecule has 0 atom stereocenters. The first kappa shape index (κ1) is 10.5. The van der Waals surface area contributed by atoms with Crippen molar-refractivity contribution in [2.24, 2.45) is 0 Å². The Kier molecular flexibility index (Phi) is 2.30. The summed E-state index contributed by atoms with van der Waals surface area (Å²) >= 11 is 0. The highest BCUT2D eigenvalue weighted by atomic mass is 19.3. The van der Waals surface area contributed by atoms with Crippen molar-refractivity contribution in [2.75, 3.05) is 0 Å². The lowest BCUT2D eigenvalue weighted by atomic mass is 10.2. The summed E-state index contributed by atoms with van der Waals surface area (Å²) in [6.07, 6.45) is 2.10. The second-order valence-corrected chi connectivity index (χ2v) is 3.24. The third-order valence-electron chi connectivity index (χ3n) is 2.00. The summed E-state index contributed by atoms with van der Waals surface area (Å²) in [5.74, 6) is -5.96. The number of carbonyl (C=O) groups is 1. The molecule has 2 rings (SSSR count). The fourth-order valence-corrected chi connectivity index (χ4v) is 1.27. The van der Waals surface area contributed by atoms with E-state index in [-0.39, 0.29) is 5.69 Å². The van der Waals surface area contributed by atoms with Gasteiger partial charge in [0.2, 0.25) is 0 Å². The van der Waals surface area contributed by atoms with Crippen molar-refractivity contribution in [2.45, 2.75) is 12.3 Å². The number of aromatic nitrogens is 3. The van der Waals surface area contributed by atoms with Crippen LogP contribution in [0.4, 0.5) is 8.78 Å². The number of nitrogens with zero attached hydrogens (tertiary/aromatic N) is 3. The minimum absolute atomic E-state index is 0.00824. The van der Waals surface area contributed by atoms with Gasteiger partial charge in [-0.1, -0.05) is 0 Å². The van der Waals surface area contributed by atoms with Gasteiger partial charge in [-0.25, -0.2) is 14.3 Å². The molecule has 0 spiro atoms. The van der Waals surface area contributed by atoms with Crippen LogP contribution >= 0.6 is 0 Å². The number of hydrogen-bond acceptors (Lipinski definition) is 3. The summed E-state index contributed by atoms with van der Waals surface area (Å²) in [6, 6.07) is 2.93. The molecule has 2 aromatic rings. The zero-order valence-corrected chi connectivity index (χ0v) is 7.97. The van der Waals surface area contributed by atoms with Gasteiger partial charge in [-0.15, -0.1) is 0 Å². The number of alkyl halides is 2. The van der Waals surface area contributed by atoms with Crippen LogP contribution in [-0.2, 0) is 11.2 Å². The maximum atomic E-state index is 12.9. The largest absolute Gasteiger partial charge is 0.477 e. The van der Waals surface area contributed by atoms with E-state index in [0.717, 1.165) is 0 Å². The highest BCUT2D eigenvalue weighted by molar-refractivity contribution is 5.75. The van der Waals surface area contributed by atoms with Crippen LogP contribution in [-0.4, -0.2) is 31.6 Å². The quantitative estimate of drug-likeness (QED) is 0.849. The number of aliphatic carboxylic acids is 1. The van der Waals surface area contributed by atoms with Crippen LogP contribution in [0.1, 0.15) is 5.69 Å². The number of carboxylic acid groups (broad SMARTS) is 1. The standard InChI is InChI=1S/C9H7F2N3O2/c10-9(11,8(15)16)5-6-4-7-12-2-1-3-14(7)13-6/h1-4H,5H2,(H,15,16). The molecule has 1 N–H and O–H groups in total.